The molecule has 6 heteroatoms. The van der Waals surface area contributed by atoms with Gasteiger partial charge >= 0.3 is 5.97 Å². The zero-order chi connectivity index (χ0) is 18.2. The van der Waals surface area contributed by atoms with Crippen LogP contribution in [0.25, 0.3) is 0 Å². The van der Waals surface area contributed by atoms with Crippen molar-refractivity contribution in [1.82, 2.24) is 5.32 Å². The molecule has 2 aromatic carbocycles. The second kappa shape index (κ2) is 8.40. The maximum absolute atomic E-state index is 12.5. The van der Waals surface area contributed by atoms with Crippen molar-refractivity contribution in [2.75, 3.05) is 5.75 Å². The first kappa shape index (κ1) is 16.4. The van der Waals surface area contributed by atoms with Gasteiger partial charge < -0.3 is 15.5 Å². The van der Waals surface area contributed by atoms with E-state index in [-0.39, 0.29) is 11.7 Å². The molecule has 5 nitrogen and oxygen atoms in total. The summed E-state index contributed by atoms with van der Waals surface area (Å²) in [5.41, 5.74) is 1.39. The number of carbonyl (C=O) groups is 2. The molecule has 0 heterocycles. The number of aromatic hydroxyl groups is 1. The van der Waals surface area contributed by atoms with E-state index in [1.54, 1.807) is 0 Å². The summed E-state index contributed by atoms with van der Waals surface area (Å²) in [7, 11) is 0. The summed E-state index contributed by atoms with van der Waals surface area (Å²) in [5, 5.41) is 16.3. The molecule has 0 saturated heterocycles. The number of rotatable bonds is 8. The Morgan fingerprint density at radius 2 is 1.79 bits per heavy atom. The Bertz CT molecular complexity index is 709. The highest BCUT2D eigenvalue weighted by atomic mass is 32.1. The smallest absolute Gasteiger partial charge is 0.330 e. The van der Waals surface area contributed by atoms with Crippen molar-refractivity contribution in [3.05, 3.63) is 65.7 Å². The molecule has 1 amide bonds. The minimum Gasteiger partial charge on any atom is -0.508 e. The van der Waals surface area contributed by atoms with Gasteiger partial charge in [-0.15, -0.1) is 0 Å². The molecule has 0 aromatic heterocycles. The molecular formula is C18H19NO4S. The van der Waals surface area contributed by atoms with Crippen LogP contribution in [0.2, 0.25) is 0 Å². The first-order valence-electron chi connectivity index (χ1n) is 7.87. The highest BCUT2D eigenvalue weighted by Gasteiger charge is 2.26. The minimum absolute atomic E-state index is 0.288. The van der Waals surface area contributed by atoms with Crippen molar-refractivity contribution in [2.45, 2.75) is 12.5 Å². The molecule has 24 heavy (non-hydrogen) atoms. The van der Waals surface area contributed by atoms with Gasteiger partial charge in [-0.3, -0.25) is 4.79 Å². The predicted octanol–water partition coefficient (Wildman–Crippen LogP) is 2.42. The van der Waals surface area contributed by atoms with Crippen LogP contribution < -0.4 is 5.32 Å². The van der Waals surface area contributed by atoms with Gasteiger partial charge in [0.2, 0.25) is 5.91 Å². The molecule has 2 aromatic rings. The predicted molar refractivity (Wildman–Crippen MR) is 94.1 cm³/mol. The van der Waals surface area contributed by atoms with Crippen LogP contribution in [0.15, 0.2) is 54.6 Å². The number of hydrogen-bond donors (Lipinski definition) is 4. The molecule has 0 aliphatic heterocycles. The lowest BCUT2D eigenvalue weighted by molar-refractivity contribution is -0.142. The molecule has 0 bridgehead atoms. The Balaban J connectivity index is 2.11. The number of phenols is 1. The Morgan fingerprint density at radius 3 is 2.33 bits per heavy atom. The Hall–Kier alpha value is -2.47. The van der Waals surface area contributed by atoms with E-state index in [0.29, 0.717) is 17.7 Å². The average molecular weight is 346 g/mol. The first-order valence-corrected chi connectivity index (χ1v) is 8.09. The van der Waals surface area contributed by atoms with Gasteiger partial charge in [0, 0.05) is 5.75 Å². The SMILES string of the molecule is [2H]Oc1ccc(C(NC(=O)C(CS)Cc2ccccc2)C(=O)O)cc1. The van der Waals surface area contributed by atoms with Gasteiger partial charge in [0.15, 0.2) is 6.04 Å². The Labute approximate surface area is 147 Å². The number of amides is 1. The molecule has 0 radical (unpaired) electrons. The fourth-order valence-corrected chi connectivity index (χ4v) is 2.64. The third-order valence-corrected chi connectivity index (χ3v) is 4.10. The van der Waals surface area contributed by atoms with Gasteiger partial charge in [-0.1, -0.05) is 42.5 Å². The van der Waals surface area contributed by atoms with E-state index in [1.165, 1.54) is 24.3 Å². The quantitative estimate of drug-likeness (QED) is 0.553. The van der Waals surface area contributed by atoms with E-state index in [4.69, 9.17) is 1.43 Å². The van der Waals surface area contributed by atoms with Crippen molar-refractivity contribution >= 4 is 24.5 Å². The number of carboxylic acids is 1. The number of carboxylic acid groups (broad SMARTS) is 1. The van der Waals surface area contributed by atoms with E-state index >= 15 is 0 Å². The van der Waals surface area contributed by atoms with Crippen molar-refractivity contribution in [3.63, 3.8) is 0 Å². The summed E-state index contributed by atoms with van der Waals surface area (Å²) in [6.45, 7) is 0. The second-order valence-electron chi connectivity index (χ2n) is 5.42. The summed E-state index contributed by atoms with van der Waals surface area (Å²) in [4.78, 5) is 24.1. The minimum atomic E-state index is -1.18. The number of nitrogens with one attached hydrogen (secondary N) is 1. The highest BCUT2D eigenvalue weighted by molar-refractivity contribution is 7.80. The zero-order valence-electron chi connectivity index (χ0n) is 13.9. The molecule has 2 unspecified atom stereocenters. The van der Waals surface area contributed by atoms with Gasteiger partial charge in [-0.25, -0.2) is 4.79 Å². The number of hydrogen-bond acceptors (Lipinski definition) is 4. The third-order valence-electron chi connectivity index (χ3n) is 3.66. The number of phenolic OH excluding ortho intramolecular Hbond substituents is 1. The largest absolute Gasteiger partial charge is 0.508 e. The summed E-state index contributed by atoms with van der Waals surface area (Å²) >= 11 is 4.23. The van der Waals surface area contributed by atoms with Crippen LogP contribution >= 0.6 is 12.6 Å². The molecule has 0 aliphatic carbocycles. The average Bonchev–Trinajstić information content (AvgIpc) is 2.64. The Morgan fingerprint density at radius 1 is 1.12 bits per heavy atom. The van der Waals surface area contributed by atoms with Gasteiger partial charge in [-0.05, 0) is 29.7 Å². The third kappa shape index (κ3) is 4.76. The van der Waals surface area contributed by atoms with Gasteiger partial charge in [0.25, 0.3) is 1.43 Å². The second-order valence-corrected chi connectivity index (χ2v) is 5.78. The van der Waals surface area contributed by atoms with E-state index in [2.05, 4.69) is 23.1 Å². The van der Waals surface area contributed by atoms with Gasteiger partial charge in [0.05, 0.1) is 5.92 Å². The lowest BCUT2D eigenvalue weighted by Crippen LogP contribution is -2.39. The molecule has 3 N–H and O–H groups in total. The molecule has 2 atom stereocenters. The molecule has 126 valence electrons. The molecule has 0 fully saturated rings. The van der Waals surface area contributed by atoms with Crippen LogP contribution in [-0.4, -0.2) is 29.3 Å². The normalized spacial score (nSPS) is 13.5. The lowest BCUT2D eigenvalue weighted by Gasteiger charge is -2.19. The summed E-state index contributed by atoms with van der Waals surface area (Å²) in [6.07, 6.45) is 0.480. The van der Waals surface area contributed by atoms with Crippen molar-refractivity contribution < 1.29 is 19.8 Å². The van der Waals surface area contributed by atoms with Gasteiger partial charge in [-0.2, -0.15) is 12.6 Å². The van der Waals surface area contributed by atoms with Crippen molar-refractivity contribution in [1.29, 1.82) is 1.43 Å². The van der Waals surface area contributed by atoms with E-state index in [9.17, 15) is 14.7 Å². The standard InChI is InChI=1S/C18H19NO4S/c20-15-8-6-13(7-9-15)16(18(22)23)19-17(21)14(11-24)10-12-4-2-1-3-5-12/h1-9,14,16,20,24H,10-11H2,(H,19,21)(H,22,23)/i/hD. The monoisotopic (exact) mass is 346 g/mol. The summed E-state index contributed by atoms with van der Waals surface area (Å²) in [6, 6.07) is 14.3. The Kier molecular flexibility index (Phi) is 5.74. The first-order chi connectivity index (χ1) is 12.0. The van der Waals surface area contributed by atoms with E-state index < -0.39 is 17.9 Å². The fourth-order valence-electron chi connectivity index (χ4n) is 2.35. The maximum Gasteiger partial charge on any atom is 0.330 e. The van der Waals surface area contributed by atoms with E-state index in [0.717, 1.165) is 5.56 Å². The molecule has 0 aliphatic rings. The maximum atomic E-state index is 12.5. The highest BCUT2D eigenvalue weighted by Crippen LogP contribution is 2.19. The topological polar surface area (TPSA) is 86.6 Å². The van der Waals surface area contributed by atoms with Crippen molar-refractivity contribution in [2.24, 2.45) is 5.92 Å². The summed E-state index contributed by atoms with van der Waals surface area (Å²) in [5.74, 6) is -1.38. The number of aliphatic carboxylic acids is 1. The number of benzene rings is 2. The van der Waals surface area contributed by atoms with Gasteiger partial charge in [0.1, 0.15) is 5.75 Å². The summed E-state index contributed by atoms with van der Waals surface area (Å²) < 4.78 is 6.81. The van der Waals surface area contributed by atoms with E-state index in [1.807, 2.05) is 30.3 Å². The molecule has 2 rings (SSSR count). The van der Waals surface area contributed by atoms with Crippen LogP contribution in [0.4, 0.5) is 0 Å². The van der Waals surface area contributed by atoms with Crippen molar-refractivity contribution in [3.8, 4) is 5.75 Å². The van der Waals surface area contributed by atoms with Crippen LogP contribution in [0.1, 0.15) is 17.2 Å². The number of carbonyl (C=O) groups excluding carboxylic acids is 1. The van der Waals surface area contributed by atoms with Crippen LogP contribution in [-0.2, 0) is 16.0 Å². The number of thiol groups is 1. The van der Waals surface area contributed by atoms with Crippen LogP contribution in [0.5, 0.6) is 5.75 Å². The fraction of sp³-hybridized carbons (Fsp3) is 0.222. The zero-order valence-corrected chi connectivity index (χ0v) is 13.8. The molecule has 0 spiro atoms. The van der Waals surface area contributed by atoms with Crippen LogP contribution in [0, 0.1) is 5.92 Å². The lowest BCUT2D eigenvalue weighted by atomic mass is 9.99. The molecule has 0 saturated carbocycles. The molecular weight excluding hydrogens is 326 g/mol. The van der Waals surface area contributed by atoms with Crippen LogP contribution in [0.3, 0.4) is 0 Å².